The van der Waals surface area contributed by atoms with Gasteiger partial charge in [-0.2, -0.15) is 0 Å². The fraction of sp³-hybridized carbons (Fsp3) is 0.643. The normalized spacial score (nSPS) is 39.1. The number of piperidine rings is 2. The zero-order valence-electron chi connectivity index (χ0n) is 20.0. The summed E-state index contributed by atoms with van der Waals surface area (Å²) in [6, 6.07) is 7.11. The molecule has 4 aliphatic heterocycles. The number of halogens is 1. The summed E-state index contributed by atoms with van der Waals surface area (Å²) in [4.78, 5) is 11.9. The van der Waals surface area contributed by atoms with Crippen molar-refractivity contribution in [3.8, 4) is 11.3 Å². The molecule has 2 saturated heterocycles. The Morgan fingerprint density at radius 1 is 1.14 bits per heavy atom. The molecular weight excluding hydrogens is 443 g/mol. The highest BCUT2D eigenvalue weighted by Gasteiger charge is 2.59. The molecule has 7 heteroatoms. The predicted octanol–water partition coefficient (Wildman–Crippen LogP) is 4.67. The molecule has 0 amide bonds. The van der Waals surface area contributed by atoms with Crippen LogP contribution in [0, 0.1) is 17.2 Å². The van der Waals surface area contributed by atoms with E-state index in [4.69, 9.17) is 9.73 Å². The first kappa shape index (κ1) is 20.7. The van der Waals surface area contributed by atoms with Gasteiger partial charge in [-0.05, 0) is 69.8 Å². The van der Waals surface area contributed by atoms with E-state index in [1.54, 1.807) is 18.5 Å². The molecule has 6 nitrogen and oxygen atoms in total. The largest absolute Gasteiger partial charge is 0.460 e. The van der Waals surface area contributed by atoms with Gasteiger partial charge in [0.1, 0.15) is 11.9 Å². The molecule has 4 bridgehead atoms. The number of hydrogen-bond donors (Lipinski definition) is 1. The number of nitrogens with zero attached hydrogens (tertiary/aromatic N) is 4. The third-order valence-corrected chi connectivity index (χ3v) is 10.2. The molecule has 0 spiro atoms. The Bertz CT molecular complexity index is 1190. The zero-order chi connectivity index (χ0) is 23.3. The zero-order valence-corrected chi connectivity index (χ0v) is 20.0. The van der Waals surface area contributed by atoms with Crippen LogP contribution >= 0.6 is 0 Å². The van der Waals surface area contributed by atoms with Gasteiger partial charge in [0, 0.05) is 28.6 Å². The summed E-state index contributed by atoms with van der Waals surface area (Å²) in [6.07, 6.45) is 14.1. The molecule has 184 valence electrons. The Hall–Kier alpha value is -2.41. The van der Waals surface area contributed by atoms with Crippen molar-refractivity contribution < 1.29 is 14.2 Å². The van der Waals surface area contributed by atoms with E-state index in [1.165, 1.54) is 25.7 Å². The van der Waals surface area contributed by atoms with E-state index in [9.17, 15) is 9.50 Å². The van der Waals surface area contributed by atoms with Crippen molar-refractivity contribution in [2.24, 2.45) is 16.3 Å². The third kappa shape index (κ3) is 2.90. The van der Waals surface area contributed by atoms with Crippen LogP contribution in [-0.2, 0) is 4.74 Å². The summed E-state index contributed by atoms with van der Waals surface area (Å²) in [7, 11) is 0. The molecule has 2 aromatic rings. The van der Waals surface area contributed by atoms with Crippen LogP contribution in [-0.4, -0.2) is 55.9 Å². The molecular formula is C28H33FN4O2. The highest BCUT2D eigenvalue weighted by molar-refractivity contribution is 5.77. The van der Waals surface area contributed by atoms with Crippen molar-refractivity contribution in [3.05, 3.63) is 42.1 Å². The number of aliphatic hydroxyl groups excluding tert-OH is 1. The van der Waals surface area contributed by atoms with Crippen LogP contribution in [0.4, 0.5) is 4.39 Å². The molecule has 5 heterocycles. The first-order valence-electron chi connectivity index (χ1n) is 13.6. The SMILES string of the molecule is OC(CC1c2c(F)cccc2-c2cncn21)C12CC3CC(C1)N(C1=NC4CCCCC4O1)C(C3)C2. The van der Waals surface area contributed by atoms with Gasteiger partial charge in [0.25, 0.3) is 6.02 Å². The fourth-order valence-electron chi connectivity index (χ4n) is 8.90. The van der Waals surface area contributed by atoms with Crippen LogP contribution in [0.1, 0.15) is 75.8 Å². The Morgan fingerprint density at radius 2 is 1.97 bits per heavy atom. The number of hydrogen-bond acceptors (Lipinski definition) is 5. The third-order valence-electron chi connectivity index (χ3n) is 10.2. The molecule has 1 aromatic carbocycles. The number of benzene rings is 1. The molecule has 5 fully saturated rings. The second kappa shape index (κ2) is 7.31. The first-order valence-corrected chi connectivity index (χ1v) is 13.6. The highest BCUT2D eigenvalue weighted by Crippen LogP contribution is 2.59. The quantitative estimate of drug-likeness (QED) is 0.699. The summed E-state index contributed by atoms with van der Waals surface area (Å²) in [5, 5.41) is 11.8. The number of fused-ring (bicyclic) bond motifs is 4. The second-order valence-electron chi connectivity index (χ2n) is 12.1. The van der Waals surface area contributed by atoms with Crippen molar-refractivity contribution in [2.45, 2.75) is 101 Å². The molecule has 1 N–H and O–H groups in total. The lowest BCUT2D eigenvalue weighted by molar-refractivity contribution is -0.140. The van der Waals surface area contributed by atoms with Gasteiger partial charge in [0.2, 0.25) is 0 Å². The number of aromatic nitrogens is 2. The van der Waals surface area contributed by atoms with E-state index in [2.05, 4.69) is 14.5 Å². The van der Waals surface area contributed by atoms with E-state index in [0.29, 0.717) is 36.0 Å². The predicted molar refractivity (Wildman–Crippen MR) is 129 cm³/mol. The lowest BCUT2D eigenvalue weighted by Gasteiger charge is -2.63. The van der Waals surface area contributed by atoms with Crippen molar-refractivity contribution >= 4 is 6.02 Å². The van der Waals surface area contributed by atoms with Gasteiger partial charge in [0.15, 0.2) is 0 Å². The van der Waals surface area contributed by atoms with Gasteiger partial charge in [0.05, 0.1) is 36.4 Å². The Morgan fingerprint density at radius 3 is 2.80 bits per heavy atom. The number of aliphatic hydroxyl groups is 1. The van der Waals surface area contributed by atoms with Crippen LogP contribution in [0.5, 0.6) is 0 Å². The maximum atomic E-state index is 15.0. The van der Waals surface area contributed by atoms with E-state index in [0.717, 1.165) is 49.4 Å². The van der Waals surface area contributed by atoms with Crippen molar-refractivity contribution in [2.75, 3.05) is 0 Å². The lowest BCUT2D eigenvalue weighted by Crippen LogP contribution is -2.65. The van der Waals surface area contributed by atoms with Crippen LogP contribution in [0.15, 0.2) is 35.7 Å². The lowest BCUT2D eigenvalue weighted by atomic mass is 9.53. The Balaban J connectivity index is 1.07. The summed E-state index contributed by atoms with van der Waals surface area (Å²) in [5.74, 6) is 0.469. The van der Waals surface area contributed by atoms with Crippen molar-refractivity contribution in [1.29, 1.82) is 0 Å². The minimum atomic E-state index is -0.474. The van der Waals surface area contributed by atoms with Crippen LogP contribution < -0.4 is 0 Å². The number of imidazole rings is 1. The molecule has 6 unspecified atom stereocenters. The number of rotatable bonds is 3. The molecule has 35 heavy (non-hydrogen) atoms. The molecule has 6 atom stereocenters. The molecule has 0 radical (unpaired) electrons. The topological polar surface area (TPSA) is 62.9 Å². The van der Waals surface area contributed by atoms with Gasteiger partial charge < -0.3 is 19.3 Å². The van der Waals surface area contributed by atoms with Crippen LogP contribution in [0.2, 0.25) is 0 Å². The average molecular weight is 477 g/mol. The molecule has 7 aliphatic rings. The standard InChI is InChI=1S/C28H33FN4O2/c29-20-5-3-4-19-23-14-30-15-32(23)22(26(19)20)10-25(34)28-11-16-8-17(12-28)33(18(9-16)13-28)27-31-21-6-1-2-7-24(21)35-27/h3-5,14-18,21-22,24-25,34H,1-2,6-13H2. The average Bonchev–Trinajstić information content (AvgIpc) is 3.54. The first-order chi connectivity index (χ1) is 17.1. The van der Waals surface area contributed by atoms with Gasteiger partial charge in [-0.25, -0.2) is 14.4 Å². The monoisotopic (exact) mass is 476 g/mol. The van der Waals surface area contributed by atoms with E-state index < -0.39 is 6.10 Å². The Kier molecular flexibility index (Phi) is 4.33. The van der Waals surface area contributed by atoms with E-state index in [-0.39, 0.29) is 23.4 Å². The Labute approximate surface area is 205 Å². The van der Waals surface area contributed by atoms with E-state index in [1.807, 2.05) is 12.3 Å². The summed E-state index contributed by atoms with van der Waals surface area (Å²) in [5.41, 5.74) is 2.47. The van der Waals surface area contributed by atoms with Crippen LogP contribution in [0.3, 0.4) is 0 Å². The van der Waals surface area contributed by atoms with Crippen molar-refractivity contribution in [1.82, 2.24) is 14.5 Å². The maximum absolute atomic E-state index is 15.0. The maximum Gasteiger partial charge on any atom is 0.288 e. The molecule has 9 rings (SSSR count). The second-order valence-corrected chi connectivity index (χ2v) is 12.1. The van der Waals surface area contributed by atoms with Gasteiger partial charge >= 0.3 is 0 Å². The van der Waals surface area contributed by atoms with Crippen LogP contribution in [0.25, 0.3) is 11.3 Å². The minimum absolute atomic E-state index is 0.103. The fourth-order valence-corrected chi connectivity index (χ4v) is 8.90. The summed E-state index contributed by atoms with van der Waals surface area (Å²) < 4.78 is 23.5. The number of ether oxygens (including phenoxy) is 1. The van der Waals surface area contributed by atoms with E-state index >= 15 is 0 Å². The number of aliphatic imine (C=N–C) groups is 1. The smallest absolute Gasteiger partial charge is 0.288 e. The molecule has 3 saturated carbocycles. The number of amidine groups is 1. The minimum Gasteiger partial charge on any atom is -0.460 e. The van der Waals surface area contributed by atoms with Crippen molar-refractivity contribution in [3.63, 3.8) is 0 Å². The van der Waals surface area contributed by atoms with Gasteiger partial charge in [-0.15, -0.1) is 0 Å². The molecule has 1 aromatic heterocycles. The summed E-state index contributed by atoms with van der Waals surface area (Å²) in [6.45, 7) is 0. The highest BCUT2D eigenvalue weighted by atomic mass is 19.1. The molecule has 3 aliphatic carbocycles. The summed E-state index contributed by atoms with van der Waals surface area (Å²) >= 11 is 0. The van der Waals surface area contributed by atoms with Gasteiger partial charge in [-0.1, -0.05) is 18.6 Å². The van der Waals surface area contributed by atoms with Gasteiger partial charge in [-0.3, -0.25) is 0 Å².